The second-order valence-electron chi connectivity index (χ2n) is 7.87. The maximum absolute atomic E-state index is 12.0. The fourth-order valence-corrected chi connectivity index (χ4v) is 3.51. The number of carbonyl (C=O) groups is 2. The number of halogens is 1. The van der Waals surface area contributed by atoms with Crippen LogP contribution in [0.1, 0.15) is 123 Å². The zero-order valence-electron chi connectivity index (χ0n) is 17.9. The Hall–Kier alpha value is -0.570. The van der Waals surface area contributed by atoms with Crippen LogP contribution < -0.4 is 0 Å². The van der Waals surface area contributed by atoms with E-state index in [2.05, 4.69) is 13.8 Å². The molecule has 0 saturated heterocycles. The Labute approximate surface area is 173 Å². The summed E-state index contributed by atoms with van der Waals surface area (Å²) >= 11 is 5.31. The number of unbranched alkanes of at least 4 members (excludes halogenated alkanes) is 10. The molecular formula is C23H43ClO3. The predicted octanol–water partition coefficient (Wildman–Crippen LogP) is 7.58. The maximum atomic E-state index is 12.0. The molecule has 0 rings (SSSR count). The molecule has 27 heavy (non-hydrogen) atoms. The molecule has 0 fully saturated rings. The summed E-state index contributed by atoms with van der Waals surface area (Å²) in [5, 5.41) is -0.293. The molecule has 0 aliphatic heterocycles. The molecule has 0 amide bonds. The largest absolute Gasteiger partial charge is 0.465 e. The Balaban J connectivity index is 3.94. The molecule has 0 spiro atoms. The summed E-state index contributed by atoms with van der Waals surface area (Å²) in [6.07, 6.45) is 18.6. The summed E-state index contributed by atoms with van der Waals surface area (Å²) in [5.41, 5.74) is 0. The molecule has 0 saturated carbocycles. The van der Waals surface area contributed by atoms with Crippen molar-refractivity contribution in [2.75, 3.05) is 6.61 Å². The van der Waals surface area contributed by atoms with Crippen molar-refractivity contribution in [1.29, 1.82) is 0 Å². The second kappa shape index (κ2) is 20.2. The van der Waals surface area contributed by atoms with Gasteiger partial charge in [0.1, 0.15) is 0 Å². The molecule has 0 N–H and O–H groups in total. The summed E-state index contributed by atoms with van der Waals surface area (Å²) in [7, 11) is 0. The summed E-state index contributed by atoms with van der Waals surface area (Å²) in [5.74, 6) is 0.430. The lowest BCUT2D eigenvalue weighted by Crippen LogP contribution is -2.14. The Morgan fingerprint density at radius 3 is 1.78 bits per heavy atom. The Morgan fingerprint density at radius 2 is 1.19 bits per heavy atom. The summed E-state index contributed by atoms with van der Waals surface area (Å²) < 4.78 is 5.55. The van der Waals surface area contributed by atoms with Crippen molar-refractivity contribution in [3.8, 4) is 0 Å². The minimum absolute atomic E-state index is 0.0892. The van der Waals surface area contributed by atoms with Crippen molar-refractivity contribution < 1.29 is 14.3 Å². The molecule has 0 radical (unpaired) electrons. The SMILES string of the molecule is CCCCCCCCC(CCCCCC)COC(=O)CCCCCC(=O)Cl. The van der Waals surface area contributed by atoms with Crippen LogP contribution in [0.15, 0.2) is 0 Å². The number of rotatable bonds is 20. The smallest absolute Gasteiger partial charge is 0.305 e. The van der Waals surface area contributed by atoms with Gasteiger partial charge in [-0.1, -0.05) is 84.5 Å². The zero-order chi connectivity index (χ0) is 20.2. The summed E-state index contributed by atoms with van der Waals surface area (Å²) in [6.45, 7) is 5.07. The van der Waals surface area contributed by atoms with Crippen molar-refractivity contribution in [3.63, 3.8) is 0 Å². The predicted molar refractivity (Wildman–Crippen MR) is 115 cm³/mol. The highest BCUT2D eigenvalue weighted by Gasteiger charge is 2.12. The second-order valence-corrected chi connectivity index (χ2v) is 8.29. The Bertz CT molecular complexity index is 358. The van der Waals surface area contributed by atoms with E-state index in [1.54, 1.807) is 0 Å². The quantitative estimate of drug-likeness (QED) is 0.120. The first-order valence-electron chi connectivity index (χ1n) is 11.4. The lowest BCUT2D eigenvalue weighted by atomic mass is 9.95. The van der Waals surface area contributed by atoms with Crippen LogP contribution in [0.4, 0.5) is 0 Å². The van der Waals surface area contributed by atoms with Crippen molar-refractivity contribution >= 4 is 22.8 Å². The zero-order valence-corrected chi connectivity index (χ0v) is 18.7. The van der Waals surface area contributed by atoms with E-state index in [-0.39, 0.29) is 11.2 Å². The van der Waals surface area contributed by atoms with Crippen LogP contribution in [0.2, 0.25) is 0 Å². The molecule has 4 heteroatoms. The average molecular weight is 403 g/mol. The normalized spacial score (nSPS) is 12.1. The van der Waals surface area contributed by atoms with Gasteiger partial charge in [0, 0.05) is 12.8 Å². The van der Waals surface area contributed by atoms with Crippen LogP contribution >= 0.6 is 11.6 Å². The fourth-order valence-electron chi connectivity index (χ4n) is 3.38. The van der Waals surface area contributed by atoms with Gasteiger partial charge in [-0.3, -0.25) is 9.59 Å². The van der Waals surface area contributed by atoms with E-state index in [0.717, 1.165) is 19.3 Å². The third kappa shape index (κ3) is 20.0. The van der Waals surface area contributed by atoms with E-state index in [1.807, 2.05) is 0 Å². The van der Waals surface area contributed by atoms with Gasteiger partial charge < -0.3 is 4.74 Å². The van der Waals surface area contributed by atoms with Crippen LogP contribution in [0.3, 0.4) is 0 Å². The summed E-state index contributed by atoms with van der Waals surface area (Å²) in [4.78, 5) is 22.6. The molecular weight excluding hydrogens is 360 g/mol. The highest BCUT2D eigenvalue weighted by molar-refractivity contribution is 6.63. The van der Waals surface area contributed by atoms with Gasteiger partial charge in [0.15, 0.2) is 0 Å². The van der Waals surface area contributed by atoms with Gasteiger partial charge in [-0.25, -0.2) is 0 Å². The summed E-state index contributed by atoms with van der Waals surface area (Å²) in [6, 6.07) is 0. The Morgan fingerprint density at radius 1 is 0.704 bits per heavy atom. The molecule has 0 aliphatic carbocycles. The average Bonchev–Trinajstić information content (AvgIpc) is 2.64. The van der Waals surface area contributed by atoms with Gasteiger partial charge in [-0.05, 0) is 43.2 Å². The van der Waals surface area contributed by atoms with Gasteiger partial charge in [0.25, 0.3) is 0 Å². The van der Waals surface area contributed by atoms with Crippen molar-refractivity contribution in [2.45, 2.75) is 123 Å². The van der Waals surface area contributed by atoms with Crippen LogP contribution in [0.25, 0.3) is 0 Å². The minimum atomic E-state index is -0.293. The molecule has 0 heterocycles. The van der Waals surface area contributed by atoms with E-state index < -0.39 is 0 Å². The van der Waals surface area contributed by atoms with Crippen LogP contribution in [-0.4, -0.2) is 17.8 Å². The highest BCUT2D eigenvalue weighted by atomic mass is 35.5. The van der Waals surface area contributed by atoms with Crippen molar-refractivity contribution in [2.24, 2.45) is 5.92 Å². The van der Waals surface area contributed by atoms with Gasteiger partial charge in [-0.15, -0.1) is 0 Å². The number of carbonyl (C=O) groups excluding carboxylic acids is 2. The third-order valence-corrected chi connectivity index (χ3v) is 5.36. The Kier molecular flexibility index (Phi) is 19.7. The number of hydrogen-bond donors (Lipinski definition) is 0. The number of esters is 1. The molecule has 0 aromatic carbocycles. The van der Waals surface area contributed by atoms with E-state index in [9.17, 15) is 9.59 Å². The molecule has 3 nitrogen and oxygen atoms in total. The molecule has 0 bridgehead atoms. The third-order valence-electron chi connectivity index (χ3n) is 5.17. The maximum Gasteiger partial charge on any atom is 0.305 e. The van der Waals surface area contributed by atoms with E-state index in [4.69, 9.17) is 16.3 Å². The number of ether oxygens (including phenoxy) is 1. The van der Waals surface area contributed by atoms with Crippen LogP contribution in [0.5, 0.6) is 0 Å². The molecule has 0 aromatic rings. The topological polar surface area (TPSA) is 43.4 Å². The van der Waals surface area contributed by atoms with E-state index >= 15 is 0 Å². The fraction of sp³-hybridized carbons (Fsp3) is 0.913. The van der Waals surface area contributed by atoms with Crippen molar-refractivity contribution in [3.05, 3.63) is 0 Å². The lowest BCUT2D eigenvalue weighted by molar-refractivity contribution is -0.145. The van der Waals surface area contributed by atoms with Gasteiger partial charge in [0.05, 0.1) is 6.61 Å². The molecule has 1 atom stereocenters. The van der Waals surface area contributed by atoms with Gasteiger partial charge in [0.2, 0.25) is 5.24 Å². The van der Waals surface area contributed by atoms with Gasteiger partial charge >= 0.3 is 5.97 Å². The molecule has 160 valence electrons. The minimum Gasteiger partial charge on any atom is -0.465 e. The lowest BCUT2D eigenvalue weighted by Gasteiger charge is -2.17. The van der Waals surface area contributed by atoms with Gasteiger partial charge in [-0.2, -0.15) is 0 Å². The first-order valence-corrected chi connectivity index (χ1v) is 11.8. The van der Waals surface area contributed by atoms with Crippen LogP contribution in [-0.2, 0) is 14.3 Å². The van der Waals surface area contributed by atoms with E-state index in [1.165, 1.54) is 77.0 Å². The van der Waals surface area contributed by atoms with Crippen molar-refractivity contribution in [1.82, 2.24) is 0 Å². The standard InChI is InChI=1S/C23H43ClO3/c1-3-5-7-9-10-13-17-21(16-12-8-6-4-2)20-27-23(26)19-15-11-14-18-22(24)25/h21H,3-20H2,1-2H3. The first kappa shape index (κ1) is 26.4. The number of hydrogen-bond acceptors (Lipinski definition) is 3. The van der Waals surface area contributed by atoms with E-state index in [0.29, 0.717) is 25.4 Å². The first-order chi connectivity index (χ1) is 13.1. The molecule has 0 aliphatic rings. The van der Waals surface area contributed by atoms with Crippen LogP contribution in [0, 0.1) is 5.92 Å². The molecule has 1 unspecified atom stereocenters. The molecule has 0 aromatic heterocycles. The highest BCUT2D eigenvalue weighted by Crippen LogP contribution is 2.20. The monoisotopic (exact) mass is 402 g/mol.